The number of carbonyl (C=O) groups is 1. The molecule has 1 heterocycles. The molecule has 0 aliphatic rings. The van der Waals surface area contributed by atoms with Crippen LogP contribution in [-0.2, 0) is 4.79 Å². The number of non-ortho nitro benzene ring substituents is 1. The predicted octanol–water partition coefficient (Wildman–Crippen LogP) is 5.29. The van der Waals surface area contributed by atoms with E-state index >= 15 is 0 Å². The number of amides is 1. The third-order valence-corrected chi connectivity index (χ3v) is 5.99. The van der Waals surface area contributed by atoms with E-state index in [2.05, 4.69) is 10.5 Å². The smallest absolute Gasteiger partial charge is 0.273 e. The van der Waals surface area contributed by atoms with Crippen molar-refractivity contribution in [3.63, 3.8) is 0 Å². The molecule has 182 valence electrons. The topological polar surface area (TPSA) is 98.8 Å². The molecule has 8 heteroatoms. The lowest BCUT2D eigenvalue weighted by Gasteiger charge is -2.16. The Morgan fingerprint density at radius 3 is 2.17 bits per heavy atom. The van der Waals surface area contributed by atoms with Crippen molar-refractivity contribution in [3.8, 4) is 11.4 Å². The summed E-state index contributed by atoms with van der Waals surface area (Å²) in [5.41, 5.74) is 7.60. The standard InChI is InChI=1S/C28H26N4O4/c1-19-16-23(20(2)31(19)25-15-14-24(32(34)35)17-26(25)36-3)18-29-30-28(33)27(21-10-6-4-7-11-21)22-12-8-5-9-13-22/h4-18,27H,1-3H3,(H,30,33)/b29-18-. The SMILES string of the molecule is COc1cc([N+](=O)[O-])ccc1-n1c(C)cc(/C=N\NC(=O)C(c2ccccc2)c2ccccc2)c1C. The van der Waals surface area contributed by atoms with Gasteiger partial charge in [-0.1, -0.05) is 60.7 Å². The number of hydrogen-bond acceptors (Lipinski definition) is 5. The number of nitrogens with zero attached hydrogens (tertiary/aromatic N) is 3. The lowest BCUT2D eigenvalue weighted by molar-refractivity contribution is -0.384. The van der Waals surface area contributed by atoms with E-state index in [1.807, 2.05) is 85.1 Å². The van der Waals surface area contributed by atoms with Crippen molar-refractivity contribution < 1.29 is 14.5 Å². The van der Waals surface area contributed by atoms with Crippen LogP contribution in [0.1, 0.15) is 34.0 Å². The molecule has 36 heavy (non-hydrogen) atoms. The molecular weight excluding hydrogens is 456 g/mol. The summed E-state index contributed by atoms with van der Waals surface area (Å²) in [6, 6.07) is 25.6. The van der Waals surface area contributed by atoms with Gasteiger partial charge in [-0.05, 0) is 37.1 Å². The predicted molar refractivity (Wildman–Crippen MR) is 139 cm³/mol. The van der Waals surface area contributed by atoms with Gasteiger partial charge in [0, 0.05) is 23.0 Å². The second-order valence-corrected chi connectivity index (χ2v) is 8.26. The van der Waals surface area contributed by atoms with Crippen molar-refractivity contribution in [2.45, 2.75) is 19.8 Å². The van der Waals surface area contributed by atoms with Crippen LogP contribution in [0.25, 0.3) is 5.69 Å². The van der Waals surface area contributed by atoms with E-state index in [4.69, 9.17) is 4.74 Å². The van der Waals surface area contributed by atoms with Gasteiger partial charge in [-0.25, -0.2) is 5.43 Å². The van der Waals surface area contributed by atoms with Gasteiger partial charge in [0.25, 0.3) is 11.6 Å². The summed E-state index contributed by atoms with van der Waals surface area (Å²) >= 11 is 0. The quantitative estimate of drug-likeness (QED) is 0.209. The fourth-order valence-electron chi connectivity index (χ4n) is 4.27. The highest BCUT2D eigenvalue weighted by Gasteiger charge is 2.22. The van der Waals surface area contributed by atoms with E-state index in [1.165, 1.54) is 19.2 Å². The zero-order valence-electron chi connectivity index (χ0n) is 20.2. The van der Waals surface area contributed by atoms with Gasteiger partial charge in [-0.15, -0.1) is 0 Å². The largest absolute Gasteiger partial charge is 0.494 e. The van der Waals surface area contributed by atoms with E-state index in [1.54, 1.807) is 12.3 Å². The minimum Gasteiger partial charge on any atom is -0.494 e. The summed E-state index contributed by atoms with van der Waals surface area (Å²) in [5.74, 6) is -0.354. The second kappa shape index (κ2) is 10.7. The first-order valence-electron chi connectivity index (χ1n) is 11.3. The number of aromatic nitrogens is 1. The highest BCUT2D eigenvalue weighted by atomic mass is 16.6. The number of nitro groups is 1. The van der Waals surface area contributed by atoms with Crippen LogP contribution in [0, 0.1) is 24.0 Å². The number of hydrazone groups is 1. The van der Waals surface area contributed by atoms with Crippen molar-refractivity contribution in [2.24, 2.45) is 5.10 Å². The summed E-state index contributed by atoms with van der Waals surface area (Å²) in [6.07, 6.45) is 1.60. The normalized spacial score (nSPS) is 11.1. The molecule has 4 rings (SSSR count). The average Bonchev–Trinajstić information content (AvgIpc) is 3.17. The van der Waals surface area contributed by atoms with Crippen LogP contribution in [0.3, 0.4) is 0 Å². The molecule has 0 radical (unpaired) electrons. The number of hydrogen-bond donors (Lipinski definition) is 1. The fourth-order valence-corrected chi connectivity index (χ4v) is 4.27. The Bertz CT molecular complexity index is 1370. The molecule has 0 spiro atoms. The van der Waals surface area contributed by atoms with Crippen LogP contribution in [0.2, 0.25) is 0 Å². The molecule has 0 saturated carbocycles. The lowest BCUT2D eigenvalue weighted by atomic mass is 9.91. The van der Waals surface area contributed by atoms with E-state index in [0.717, 1.165) is 28.1 Å². The summed E-state index contributed by atoms with van der Waals surface area (Å²) in [5, 5.41) is 15.4. The van der Waals surface area contributed by atoms with E-state index < -0.39 is 10.8 Å². The Kier molecular flexibility index (Phi) is 7.25. The molecule has 0 saturated heterocycles. The molecule has 0 aliphatic heterocycles. The van der Waals surface area contributed by atoms with Crippen LogP contribution in [0.5, 0.6) is 5.75 Å². The number of ether oxygens (including phenoxy) is 1. The van der Waals surface area contributed by atoms with Crippen molar-refractivity contribution in [1.82, 2.24) is 9.99 Å². The molecule has 0 aliphatic carbocycles. The maximum atomic E-state index is 13.2. The molecule has 1 N–H and O–H groups in total. The Labute approximate surface area is 209 Å². The van der Waals surface area contributed by atoms with Crippen LogP contribution in [0.15, 0.2) is 90.0 Å². The highest BCUT2D eigenvalue weighted by Crippen LogP contribution is 2.31. The summed E-state index contributed by atoms with van der Waals surface area (Å²) < 4.78 is 7.35. The minimum atomic E-state index is -0.499. The van der Waals surface area contributed by atoms with E-state index in [9.17, 15) is 14.9 Å². The number of aryl methyl sites for hydroxylation is 1. The summed E-state index contributed by atoms with van der Waals surface area (Å²) in [4.78, 5) is 23.9. The third kappa shape index (κ3) is 5.02. The monoisotopic (exact) mass is 482 g/mol. The Morgan fingerprint density at radius 2 is 1.61 bits per heavy atom. The minimum absolute atomic E-state index is 0.0473. The van der Waals surface area contributed by atoms with Gasteiger partial charge in [-0.3, -0.25) is 14.9 Å². The molecule has 0 unspecified atom stereocenters. The van der Waals surface area contributed by atoms with Gasteiger partial charge in [0.05, 0.1) is 35.9 Å². The molecule has 4 aromatic rings. The average molecular weight is 483 g/mol. The lowest BCUT2D eigenvalue weighted by Crippen LogP contribution is -2.26. The maximum absolute atomic E-state index is 13.2. The Morgan fingerprint density at radius 1 is 1.00 bits per heavy atom. The zero-order chi connectivity index (χ0) is 25.7. The number of nitro benzene ring substituents is 1. The first-order valence-corrected chi connectivity index (χ1v) is 11.3. The maximum Gasteiger partial charge on any atom is 0.273 e. The van der Waals surface area contributed by atoms with Gasteiger partial charge >= 0.3 is 0 Å². The molecule has 0 atom stereocenters. The van der Waals surface area contributed by atoms with E-state index in [-0.39, 0.29) is 11.6 Å². The Balaban J connectivity index is 1.59. The molecule has 3 aromatic carbocycles. The molecular formula is C28H26N4O4. The van der Waals surface area contributed by atoms with Crippen LogP contribution >= 0.6 is 0 Å². The zero-order valence-corrected chi connectivity index (χ0v) is 20.2. The molecule has 1 aromatic heterocycles. The summed E-state index contributed by atoms with van der Waals surface area (Å²) in [6.45, 7) is 3.83. The van der Waals surface area contributed by atoms with Gasteiger partial charge in [-0.2, -0.15) is 5.10 Å². The number of methoxy groups -OCH3 is 1. The number of nitrogens with one attached hydrogen (secondary N) is 1. The van der Waals surface area contributed by atoms with E-state index in [0.29, 0.717) is 11.4 Å². The van der Waals surface area contributed by atoms with Crippen LogP contribution in [-0.4, -0.2) is 28.7 Å². The first kappa shape index (κ1) is 24.4. The second-order valence-electron chi connectivity index (χ2n) is 8.26. The molecule has 8 nitrogen and oxygen atoms in total. The highest BCUT2D eigenvalue weighted by molar-refractivity contribution is 5.89. The van der Waals surface area contributed by atoms with Gasteiger partial charge in [0.2, 0.25) is 0 Å². The molecule has 1 amide bonds. The molecule has 0 bridgehead atoms. The van der Waals surface area contributed by atoms with Crippen LogP contribution < -0.4 is 10.2 Å². The number of rotatable bonds is 8. The number of carbonyl (C=O) groups excluding carboxylic acids is 1. The third-order valence-electron chi connectivity index (χ3n) is 5.99. The first-order chi connectivity index (χ1) is 17.4. The van der Waals surface area contributed by atoms with Gasteiger partial charge < -0.3 is 9.30 Å². The van der Waals surface area contributed by atoms with Crippen LogP contribution in [0.4, 0.5) is 5.69 Å². The van der Waals surface area contributed by atoms with Gasteiger partial charge in [0.1, 0.15) is 5.75 Å². The molecule has 0 fully saturated rings. The number of benzene rings is 3. The fraction of sp³-hybridized carbons (Fsp3) is 0.143. The van der Waals surface area contributed by atoms with Crippen molar-refractivity contribution in [1.29, 1.82) is 0 Å². The van der Waals surface area contributed by atoms with Gasteiger partial charge in [0.15, 0.2) is 0 Å². The van der Waals surface area contributed by atoms with Crippen molar-refractivity contribution >= 4 is 17.8 Å². The Hall–Kier alpha value is -4.72. The van der Waals surface area contributed by atoms with Crippen molar-refractivity contribution in [3.05, 3.63) is 123 Å². The van der Waals surface area contributed by atoms with Crippen molar-refractivity contribution in [2.75, 3.05) is 7.11 Å². The summed E-state index contributed by atoms with van der Waals surface area (Å²) in [7, 11) is 1.48.